The Kier molecular flexibility index (Phi) is 2.69. The van der Waals surface area contributed by atoms with Crippen LogP contribution in [0.25, 0.3) is 0 Å². The summed E-state index contributed by atoms with van der Waals surface area (Å²) in [7, 11) is 1.63. The molecule has 0 aliphatic rings. The molecule has 8 heteroatoms. The lowest BCUT2D eigenvalue weighted by atomic mass is 10.3. The maximum Gasteiger partial charge on any atom is 0.341 e. The molecule has 0 amide bonds. The van der Waals surface area contributed by atoms with Gasteiger partial charge in [0.1, 0.15) is 5.56 Å². The third-order valence-electron chi connectivity index (χ3n) is 2.08. The molecule has 0 fully saturated rings. The molecule has 0 aliphatic heterocycles. The molecule has 88 valence electrons. The van der Waals surface area contributed by atoms with Gasteiger partial charge >= 0.3 is 5.97 Å². The van der Waals surface area contributed by atoms with Crippen LogP contribution < -0.4 is 5.43 Å². The smallest absolute Gasteiger partial charge is 0.341 e. The van der Waals surface area contributed by atoms with Crippen LogP contribution in [-0.4, -0.2) is 35.9 Å². The minimum atomic E-state index is -1.25. The topological polar surface area (TPSA) is 103 Å². The summed E-state index contributed by atoms with van der Waals surface area (Å²) in [6.07, 6.45) is 2.73. The van der Waals surface area contributed by atoms with Crippen molar-refractivity contribution in [2.45, 2.75) is 6.54 Å². The number of carboxylic acids is 1. The molecule has 8 nitrogen and oxygen atoms in total. The van der Waals surface area contributed by atoms with Crippen LogP contribution in [0.3, 0.4) is 0 Å². The molecule has 0 aromatic carbocycles. The normalized spacial score (nSPS) is 10.4. The molecule has 2 rings (SSSR count). The first kappa shape index (κ1) is 11.0. The molecule has 2 aromatic heterocycles. The molecule has 0 bridgehead atoms. The largest absolute Gasteiger partial charge is 0.477 e. The zero-order chi connectivity index (χ0) is 12.4. The van der Waals surface area contributed by atoms with E-state index in [1.807, 2.05) is 0 Å². The zero-order valence-corrected chi connectivity index (χ0v) is 8.94. The predicted molar refractivity (Wildman–Crippen MR) is 55.6 cm³/mol. The predicted octanol–water partition coefficient (Wildman–Crippen LogP) is -0.882. The highest BCUT2D eigenvalue weighted by molar-refractivity contribution is 5.86. The zero-order valence-electron chi connectivity index (χ0n) is 8.94. The number of aromatic nitrogens is 5. The maximum atomic E-state index is 11.2. The molecule has 2 heterocycles. The van der Waals surface area contributed by atoms with E-state index in [1.54, 1.807) is 7.05 Å². The average molecular weight is 235 g/mol. The molecule has 17 heavy (non-hydrogen) atoms. The van der Waals surface area contributed by atoms with E-state index in [2.05, 4.69) is 15.4 Å². The number of carbonyl (C=O) groups is 1. The second-order valence-electron chi connectivity index (χ2n) is 3.40. The van der Waals surface area contributed by atoms with Gasteiger partial charge in [0.2, 0.25) is 0 Å². The number of hydrogen-bond acceptors (Lipinski definition) is 5. The Balaban J connectivity index is 2.31. The van der Waals surface area contributed by atoms with Crippen LogP contribution in [-0.2, 0) is 13.6 Å². The van der Waals surface area contributed by atoms with Gasteiger partial charge < -0.3 is 9.67 Å². The van der Waals surface area contributed by atoms with Gasteiger partial charge in [-0.15, -0.1) is 10.2 Å². The molecule has 0 atom stereocenters. The van der Waals surface area contributed by atoms with Gasteiger partial charge in [-0.2, -0.15) is 4.80 Å². The highest BCUT2D eigenvalue weighted by Gasteiger charge is 2.09. The fourth-order valence-electron chi connectivity index (χ4n) is 1.33. The molecule has 0 aliphatic carbocycles. The number of hydrogen-bond donors (Lipinski definition) is 1. The van der Waals surface area contributed by atoms with Crippen molar-refractivity contribution < 1.29 is 9.90 Å². The third kappa shape index (κ3) is 2.36. The van der Waals surface area contributed by atoms with E-state index in [0.29, 0.717) is 5.82 Å². The van der Waals surface area contributed by atoms with Crippen LogP contribution in [0, 0.1) is 0 Å². The summed E-state index contributed by atoms with van der Waals surface area (Å²) in [5.41, 5.74) is -0.808. The van der Waals surface area contributed by atoms with Gasteiger partial charge in [0, 0.05) is 18.5 Å². The first-order valence-electron chi connectivity index (χ1n) is 4.72. The van der Waals surface area contributed by atoms with Crippen molar-refractivity contribution >= 4 is 5.97 Å². The number of carboxylic acid groups (broad SMARTS) is 1. The van der Waals surface area contributed by atoms with Crippen molar-refractivity contribution in [3.63, 3.8) is 0 Å². The van der Waals surface area contributed by atoms with E-state index >= 15 is 0 Å². The van der Waals surface area contributed by atoms with Gasteiger partial charge in [-0.3, -0.25) is 4.79 Å². The Morgan fingerprint density at radius 2 is 2.29 bits per heavy atom. The summed E-state index contributed by atoms with van der Waals surface area (Å²) >= 11 is 0. The lowest BCUT2D eigenvalue weighted by molar-refractivity contribution is 0.0694. The van der Waals surface area contributed by atoms with Crippen molar-refractivity contribution in [3.05, 3.63) is 40.1 Å². The quantitative estimate of drug-likeness (QED) is 0.740. The molecule has 0 saturated heterocycles. The van der Waals surface area contributed by atoms with Gasteiger partial charge in [0.15, 0.2) is 11.3 Å². The molecule has 0 spiro atoms. The monoisotopic (exact) mass is 235 g/mol. The molecular formula is C9H9N5O3. The molecular weight excluding hydrogens is 226 g/mol. The van der Waals surface area contributed by atoms with Crippen molar-refractivity contribution in [2.24, 2.45) is 7.05 Å². The lowest BCUT2D eigenvalue weighted by Crippen LogP contribution is -2.17. The van der Waals surface area contributed by atoms with Crippen molar-refractivity contribution in [2.75, 3.05) is 0 Å². The van der Waals surface area contributed by atoms with Gasteiger partial charge in [-0.05, 0) is 5.21 Å². The highest BCUT2D eigenvalue weighted by atomic mass is 16.4. The Bertz CT molecular complexity index is 615. The van der Waals surface area contributed by atoms with E-state index in [9.17, 15) is 9.59 Å². The lowest BCUT2D eigenvalue weighted by Gasteiger charge is -2.03. The summed E-state index contributed by atoms with van der Waals surface area (Å²) in [6.45, 7) is 0.258. The molecule has 1 N–H and O–H groups in total. The fraction of sp³-hybridized carbons (Fsp3) is 0.222. The minimum absolute atomic E-state index is 0.258. The maximum absolute atomic E-state index is 11.2. The average Bonchev–Trinajstić information content (AvgIpc) is 2.66. The summed E-state index contributed by atoms with van der Waals surface area (Å²) in [4.78, 5) is 23.3. The van der Waals surface area contributed by atoms with Crippen molar-refractivity contribution in [3.8, 4) is 0 Å². The van der Waals surface area contributed by atoms with E-state index in [1.165, 1.54) is 27.8 Å². The summed E-state index contributed by atoms with van der Waals surface area (Å²) in [6, 6.07) is 1.19. The fourth-order valence-corrected chi connectivity index (χ4v) is 1.33. The van der Waals surface area contributed by atoms with E-state index in [-0.39, 0.29) is 12.1 Å². The first-order chi connectivity index (χ1) is 8.06. The van der Waals surface area contributed by atoms with Gasteiger partial charge in [-0.25, -0.2) is 4.79 Å². The third-order valence-corrected chi connectivity index (χ3v) is 2.08. The molecule has 0 unspecified atom stereocenters. The Morgan fingerprint density at radius 1 is 1.53 bits per heavy atom. The number of nitrogens with zero attached hydrogens (tertiary/aromatic N) is 5. The van der Waals surface area contributed by atoms with E-state index < -0.39 is 11.4 Å². The summed E-state index contributed by atoms with van der Waals surface area (Å²) in [5.74, 6) is -0.816. The Morgan fingerprint density at radius 3 is 2.88 bits per heavy atom. The Labute approximate surface area is 95.1 Å². The number of rotatable bonds is 3. The van der Waals surface area contributed by atoms with Gasteiger partial charge in [0.25, 0.3) is 0 Å². The second kappa shape index (κ2) is 4.16. The van der Waals surface area contributed by atoms with Crippen LogP contribution in [0.5, 0.6) is 0 Å². The van der Waals surface area contributed by atoms with Gasteiger partial charge in [-0.1, -0.05) is 0 Å². The van der Waals surface area contributed by atoms with Crippen LogP contribution in [0.4, 0.5) is 0 Å². The van der Waals surface area contributed by atoms with Crippen LogP contribution in [0.1, 0.15) is 16.2 Å². The number of aromatic carboxylic acids is 1. The number of aryl methyl sites for hydroxylation is 1. The van der Waals surface area contributed by atoms with Crippen LogP contribution >= 0.6 is 0 Å². The van der Waals surface area contributed by atoms with Crippen molar-refractivity contribution in [1.82, 2.24) is 24.8 Å². The summed E-state index contributed by atoms with van der Waals surface area (Å²) < 4.78 is 1.52. The summed E-state index contributed by atoms with van der Waals surface area (Å²) in [5, 5.41) is 20.2. The minimum Gasteiger partial charge on any atom is -0.477 e. The van der Waals surface area contributed by atoms with Crippen LogP contribution in [0.2, 0.25) is 0 Å². The molecule has 0 saturated carbocycles. The SMILES string of the molecule is Cn1nnc(Cn2ccc(=O)c(C(=O)O)c2)n1. The van der Waals surface area contributed by atoms with Gasteiger partial charge in [0.05, 0.1) is 13.6 Å². The van der Waals surface area contributed by atoms with E-state index in [0.717, 1.165) is 0 Å². The van der Waals surface area contributed by atoms with Crippen LogP contribution in [0.15, 0.2) is 23.3 Å². The standard InChI is InChI=1S/C9H9N5O3/c1-13-11-8(10-12-13)5-14-3-2-7(15)6(4-14)9(16)17/h2-4H,5H2,1H3,(H,16,17). The van der Waals surface area contributed by atoms with E-state index in [4.69, 9.17) is 5.11 Å². The molecule has 2 aromatic rings. The first-order valence-corrected chi connectivity index (χ1v) is 4.72. The molecule has 0 radical (unpaired) electrons. The Hall–Kier alpha value is -2.51. The number of tetrazole rings is 1. The van der Waals surface area contributed by atoms with Crippen molar-refractivity contribution in [1.29, 1.82) is 0 Å². The second-order valence-corrected chi connectivity index (χ2v) is 3.40. The highest BCUT2D eigenvalue weighted by Crippen LogP contribution is 1.96. The number of pyridine rings is 1.